The minimum atomic E-state index is -0.603. The van der Waals surface area contributed by atoms with Gasteiger partial charge in [0.25, 0.3) is 11.8 Å². The van der Waals surface area contributed by atoms with Crippen molar-refractivity contribution in [3.05, 3.63) is 65.7 Å². The molecule has 4 heteroatoms. The molecule has 0 aromatic heterocycles. The highest BCUT2D eigenvalue weighted by Crippen LogP contribution is 2.34. The van der Waals surface area contributed by atoms with E-state index in [1.54, 1.807) is 11.1 Å². The first-order chi connectivity index (χ1) is 10.9. The molecule has 23 heavy (non-hydrogen) atoms. The van der Waals surface area contributed by atoms with Gasteiger partial charge in [-0.15, -0.1) is 0 Å². The third-order valence-electron chi connectivity index (χ3n) is 4.18. The second-order valence-corrected chi connectivity index (χ2v) is 6.51. The van der Waals surface area contributed by atoms with Gasteiger partial charge in [0, 0.05) is 5.56 Å². The number of amides is 2. The lowest BCUT2D eigenvalue weighted by Crippen LogP contribution is -2.44. The maximum absolute atomic E-state index is 13.0. The van der Waals surface area contributed by atoms with Gasteiger partial charge in [-0.1, -0.05) is 36.4 Å². The van der Waals surface area contributed by atoms with E-state index in [4.69, 9.17) is 0 Å². The van der Waals surface area contributed by atoms with Gasteiger partial charge in [-0.25, -0.2) is 0 Å². The van der Waals surface area contributed by atoms with E-state index in [-0.39, 0.29) is 11.8 Å². The van der Waals surface area contributed by atoms with Crippen molar-refractivity contribution < 1.29 is 9.59 Å². The van der Waals surface area contributed by atoms with Gasteiger partial charge in [0.1, 0.15) is 0 Å². The summed E-state index contributed by atoms with van der Waals surface area (Å²) in [6, 6.07) is 16.9. The average molecular weight is 308 g/mol. The molecule has 0 radical (unpaired) electrons. The van der Waals surface area contributed by atoms with Crippen molar-refractivity contribution in [2.24, 2.45) is 5.41 Å². The number of hydrogen-bond acceptors (Lipinski definition) is 3. The predicted molar refractivity (Wildman–Crippen MR) is 89.9 cm³/mol. The molecule has 1 aliphatic heterocycles. The first-order valence-electron chi connectivity index (χ1n) is 7.69. The molecule has 0 atom stereocenters. The molecule has 0 N–H and O–H groups in total. The molecule has 3 rings (SSSR count). The lowest BCUT2D eigenvalue weighted by molar-refractivity contribution is -0.132. The molecule has 118 valence electrons. The number of aryl methyl sites for hydroxylation is 1. The molecule has 1 aliphatic rings. The minimum Gasteiger partial charge on any atom is -0.275 e. The van der Waals surface area contributed by atoms with Crippen LogP contribution in [0.1, 0.15) is 29.8 Å². The fourth-order valence-corrected chi connectivity index (χ4v) is 2.84. The van der Waals surface area contributed by atoms with Gasteiger partial charge in [0.2, 0.25) is 0 Å². The number of imide groups is 1. The topological polar surface area (TPSA) is 40.6 Å². The monoisotopic (exact) mass is 308 g/mol. The summed E-state index contributed by atoms with van der Waals surface area (Å²) >= 11 is 0. The molecule has 2 aromatic rings. The Balaban J connectivity index is 2.05. The van der Waals surface area contributed by atoms with Gasteiger partial charge in [-0.3, -0.25) is 14.6 Å². The van der Waals surface area contributed by atoms with Crippen molar-refractivity contribution >= 4 is 17.5 Å². The number of anilines is 1. The highest BCUT2D eigenvalue weighted by Gasteiger charge is 2.47. The second-order valence-electron chi connectivity index (χ2n) is 6.51. The van der Waals surface area contributed by atoms with Crippen molar-refractivity contribution in [2.75, 3.05) is 11.6 Å². The van der Waals surface area contributed by atoms with E-state index in [0.29, 0.717) is 12.1 Å². The van der Waals surface area contributed by atoms with Crippen molar-refractivity contribution in [2.45, 2.75) is 20.8 Å². The SMILES string of the molecule is Cc1ccccc1C(=O)N1C(=O)C(C)(C)CN1c1ccccc1. The fourth-order valence-electron chi connectivity index (χ4n) is 2.84. The quantitative estimate of drug-likeness (QED) is 0.798. The van der Waals surface area contributed by atoms with Crippen molar-refractivity contribution in [3.8, 4) is 0 Å². The number of carbonyl (C=O) groups is 2. The molecule has 0 spiro atoms. The van der Waals surface area contributed by atoms with Crippen LogP contribution in [0.5, 0.6) is 0 Å². The Labute approximate surface area is 136 Å². The summed E-state index contributed by atoms with van der Waals surface area (Å²) in [6.45, 7) is 6.10. The largest absolute Gasteiger partial charge is 0.279 e. The number of hydrogen-bond donors (Lipinski definition) is 0. The van der Waals surface area contributed by atoms with Crippen LogP contribution < -0.4 is 5.01 Å². The Morgan fingerprint density at radius 3 is 2.26 bits per heavy atom. The van der Waals surface area contributed by atoms with Crippen LogP contribution in [0.2, 0.25) is 0 Å². The molecule has 1 heterocycles. The van der Waals surface area contributed by atoms with Gasteiger partial charge in [0.05, 0.1) is 17.6 Å². The summed E-state index contributed by atoms with van der Waals surface area (Å²) in [7, 11) is 0. The molecular weight excluding hydrogens is 288 g/mol. The normalized spacial score (nSPS) is 16.7. The van der Waals surface area contributed by atoms with Gasteiger partial charge in [-0.05, 0) is 44.5 Å². The highest BCUT2D eigenvalue weighted by atomic mass is 16.2. The first kappa shape index (κ1) is 15.3. The summed E-state index contributed by atoms with van der Waals surface area (Å²) in [6.07, 6.45) is 0. The van der Waals surface area contributed by atoms with E-state index in [9.17, 15) is 9.59 Å². The van der Waals surface area contributed by atoms with Gasteiger partial charge in [-0.2, -0.15) is 5.01 Å². The van der Waals surface area contributed by atoms with E-state index < -0.39 is 5.41 Å². The van der Waals surface area contributed by atoms with E-state index >= 15 is 0 Å². The standard InChI is InChI=1S/C19H20N2O2/c1-14-9-7-8-12-16(14)17(22)21-18(23)19(2,3)13-20(21)15-10-5-4-6-11-15/h4-12H,13H2,1-3H3. The van der Waals surface area contributed by atoms with E-state index in [2.05, 4.69) is 0 Å². The van der Waals surface area contributed by atoms with E-state index in [1.807, 2.05) is 69.3 Å². The first-order valence-corrected chi connectivity index (χ1v) is 7.69. The summed E-state index contributed by atoms with van der Waals surface area (Å²) < 4.78 is 0. The van der Waals surface area contributed by atoms with Crippen LogP contribution >= 0.6 is 0 Å². The smallest absolute Gasteiger partial charge is 0.275 e. The summed E-state index contributed by atoms with van der Waals surface area (Å²) in [5.74, 6) is -0.447. The van der Waals surface area contributed by atoms with Gasteiger partial charge in [0.15, 0.2) is 0 Å². The number of para-hydroxylation sites is 1. The lowest BCUT2D eigenvalue weighted by Gasteiger charge is -2.28. The fraction of sp³-hybridized carbons (Fsp3) is 0.263. The van der Waals surface area contributed by atoms with E-state index in [0.717, 1.165) is 11.3 Å². The molecule has 2 aromatic carbocycles. The molecule has 0 saturated carbocycles. The average Bonchev–Trinajstić information content (AvgIpc) is 2.78. The van der Waals surface area contributed by atoms with Crippen molar-refractivity contribution in [1.82, 2.24) is 5.01 Å². The second kappa shape index (κ2) is 5.54. The van der Waals surface area contributed by atoms with Crippen LogP contribution in [0.4, 0.5) is 5.69 Å². The Morgan fingerprint density at radius 1 is 1.00 bits per heavy atom. The number of carbonyl (C=O) groups excluding carboxylic acids is 2. The minimum absolute atomic E-state index is 0.172. The van der Waals surface area contributed by atoms with Crippen LogP contribution in [-0.4, -0.2) is 23.4 Å². The zero-order valence-electron chi connectivity index (χ0n) is 13.6. The molecule has 1 fully saturated rings. The zero-order valence-corrected chi connectivity index (χ0v) is 13.6. The van der Waals surface area contributed by atoms with Crippen molar-refractivity contribution in [3.63, 3.8) is 0 Å². The maximum Gasteiger partial charge on any atom is 0.279 e. The lowest BCUT2D eigenvalue weighted by atomic mass is 9.94. The van der Waals surface area contributed by atoms with E-state index in [1.165, 1.54) is 5.01 Å². The number of hydrazine groups is 1. The Kier molecular flexibility index (Phi) is 3.68. The van der Waals surface area contributed by atoms with Crippen LogP contribution in [0.3, 0.4) is 0 Å². The molecular formula is C19H20N2O2. The molecule has 0 aliphatic carbocycles. The third-order valence-corrected chi connectivity index (χ3v) is 4.18. The summed E-state index contributed by atoms with van der Waals surface area (Å²) in [5, 5.41) is 3.06. The predicted octanol–water partition coefficient (Wildman–Crippen LogP) is 3.43. The summed E-state index contributed by atoms with van der Waals surface area (Å²) in [5.41, 5.74) is 1.66. The third kappa shape index (κ3) is 2.61. The van der Waals surface area contributed by atoms with Crippen LogP contribution in [0.25, 0.3) is 0 Å². The Bertz CT molecular complexity index is 753. The van der Waals surface area contributed by atoms with Gasteiger partial charge < -0.3 is 0 Å². The Morgan fingerprint density at radius 2 is 1.61 bits per heavy atom. The van der Waals surface area contributed by atoms with Crippen LogP contribution in [0, 0.1) is 12.3 Å². The maximum atomic E-state index is 13.0. The number of nitrogens with zero attached hydrogens (tertiary/aromatic N) is 2. The Hall–Kier alpha value is -2.62. The van der Waals surface area contributed by atoms with Crippen LogP contribution in [-0.2, 0) is 4.79 Å². The molecule has 2 amide bonds. The molecule has 1 saturated heterocycles. The molecule has 0 unspecified atom stereocenters. The van der Waals surface area contributed by atoms with Gasteiger partial charge >= 0.3 is 0 Å². The summed E-state index contributed by atoms with van der Waals surface area (Å²) in [4.78, 5) is 25.8. The molecule has 4 nitrogen and oxygen atoms in total. The number of benzene rings is 2. The molecule has 0 bridgehead atoms. The highest BCUT2D eigenvalue weighted by molar-refractivity contribution is 6.09. The zero-order chi connectivity index (χ0) is 16.6. The number of rotatable bonds is 2. The van der Waals surface area contributed by atoms with Crippen molar-refractivity contribution in [1.29, 1.82) is 0 Å². The van der Waals surface area contributed by atoms with Crippen LogP contribution in [0.15, 0.2) is 54.6 Å².